The maximum atomic E-state index is 12.7. The molecule has 0 spiro atoms. The van der Waals surface area contributed by atoms with Crippen LogP contribution in [0.25, 0.3) is 0 Å². The Labute approximate surface area is 313 Å². The highest BCUT2D eigenvalue weighted by Crippen LogP contribution is 2.15. The fourth-order valence-corrected chi connectivity index (χ4v) is 5.76. The van der Waals surface area contributed by atoms with Crippen molar-refractivity contribution in [3.63, 3.8) is 0 Å². The van der Waals surface area contributed by atoms with E-state index in [1.807, 2.05) is 6.08 Å². The molecule has 0 fully saturated rings. The Balaban J connectivity index is 4.15. The van der Waals surface area contributed by atoms with Crippen LogP contribution in [-0.4, -0.2) is 35.6 Å². The average Bonchev–Trinajstić information content (AvgIpc) is 3.11. The van der Waals surface area contributed by atoms with E-state index in [0.717, 1.165) is 83.5 Å². The van der Waals surface area contributed by atoms with Gasteiger partial charge in [0.25, 0.3) is 0 Å². The van der Waals surface area contributed by atoms with Crippen LogP contribution in [0.4, 0.5) is 0 Å². The van der Waals surface area contributed by atoms with Gasteiger partial charge < -0.3 is 15.2 Å². The lowest BCUT2D eigenvalue weighted by Gasteiger charge is -2.14. The number of esters is 1. The zero-order chi connectivity index (χ0) is 37.3. The summed E-state index contributed by atoms with van der Waals surface area (Å²) in [5, 5.41) is 11.1. The molecule has 51 heavy (non-hydrogen) atoms. The number of amides is 1. The van der Waals surface area contributed by atoms with E-state index in [1.54, 1.807) is 0 Å². The summed E-state index contributed by atoms with van der Waals surface area (Å²) in [5.74, 6) is -1.37. The molecule has 0 aliphatic heterocycles. The molecule has 0 aromatic heterocycles. The molecule has 1 unspecified atom stereocenters. The fourth-order valence-electron chi connectivity index (χ4n) is 5.76. The molecule has 0 rings (SSSR count). The van der Waals surface area contributed by atoms with Gasteiger partial charge in [-0.05, 0) is 89.5 Å². The summed E-state index contributed by atoms with van der Waals surface area (Å²) < 4.78 is 5.88. The van der Waals surface area contributed by atoms with Gasteiger partial charge in [0.2, 0.25) is 5.91 Å². The van der Waals surface area contributed by atoms with E-state index >= 15 is 0 Å². The van der Waals surface area contributed by atoms with Crippen LogP contribution in [-0.2, 0) is 19.1 Å². The minimum absolute atomic E-state index is 0.112. The van der Waals surface area contributed by atoms with Crippen molar-refractivity contribution in [3.05, 3.63) is 60.8 Å². The van der Waals surface area contributed by atoms with E-state index in [4.69, 9.17) is 9.84 Å². The maximum absolute atomic E-state index is 12.7. The number of carbonyl (C=O) groups excluding carboxylic acids is 2. The summed E-state index contributed by atoms with van der Waals surface area (Å²) in [4.78, 5) is 34.9. The Kier molecular flexibility index (Phi) is 37.6. The summed E-state index contributed by atoms with van der Waals surface area (Å²) in [7, 11) is 0. The van der Waals surface area contributed by atoms with Gasteiger partial charge >= 0.3 is 11.9 Å². The maximum Gasteiger partial charge on any atom is 0.322 e. The topological polar surface area (TPSA) is 92.7 Å². The molecule has 1 atom stereocenters. The summed E-state index contributed by atoms with van der Waals surface area (Å²) in [5.41, 5.74) is 0. The van der Waals surface area contributed by atoms with Crippen LogP contribution in [0.3, 0.4) is 0 Å². The molecule has 0 aliphatic rings. The average molecular weight is 712 g/mol. The number of carbonyl (C=O) groups is 3. The number of carboxylic acid groups (broad SMARTS) is 1. The van der Waals surface area contributed by atoms with Crippen LogP contribution >= 0.6 is 0 Å². The highest BCUT2D eigenvalue weighted by atomic mass is 16.5. The van der Waals surface area contributed by atoms with E-state index < -0.39 is 5.97 Å². The van der Waals surface area contributed by atoms with Gasteiger partial charge in [-0.2, -0.15) is 0 Å². The van der Waals surface area contributed by atoms with Crippen LogP contribution < -0.4 is 5.32 Å². The Morgan fingerprint density at radius 1 is 0.529 bits per heavy atom. The Morgan fingerprint density at radius 2 is 0.961 bits per heavy atom. The predicted molar refractivity (Wildman–Crippen MR) is 217 cm³/mol. The third-order valence-corrected chi connectivity index (χ3v) is 8.90. The van der Waals surface area contributed by atoms with E-state index in [-0.39, 0.29) is 24.5 Å². The Hall–Kier alpha value is -2.89. The molecule has 292 valence electrons. The first-order valence-corrected chi connectivity index (χ1v) is 20.9. The number of hydrogen-bond donors (Lipinski definition) is 2. The molecule has 0 aromatic carbocycles. The molecule has 0 heterocycles. The van der Waals surface area contributed by atoms with Crippen LogP contribution in [0.5, 0.6) is 0 Å². The van der Waals surface area contributed by atoms with Crippen molar-refractivity contribution in [2.75, 3.05) is 6.54 Å². The first kappa shape index (κ1) is 48.1. The molecule has 0 aliphatic carbocycles. The number of allylic oxidation sites excluding steroid dienone is 9. The van der Waals surface area contributed by atoms with Gasteiger partial charge in [-0.1, -0.05) is 152 Å². The SMILES string of the molecule is CCCCCC/C=C\C/C=C\C(CCCCCCC(=O)NCC(=O)O)OC(=O)CCCCCCCC/C=C\C/C=C\C/C=C\CCCCCCC. The van der Waals surface area contributed by atoms with Gasteiger partial charge in [-0.25, -0.2) is 0 Å². The summed E-state index contributed by atoms with van der Waals surface area (Å²) in [6, 6.07) is 0. The molecule has 0 saturated heterocycles. The number of unbranched alkanes of at least 4 members (excludes halogenated alkanes) is 18. The number of rotatable bonds is 37. The van der Waals surface area contributed by atoms with Gasteiger partial charge in [0.1, 0.15) is 12.6 Å². The summed E-state index contributed by atoms with van der Waals surface area (Å²) >= 11 is 0. The molecule has 6 nitrogen and oxygen atoms in total. The van der Waals surface area contributed by atoms with Crippen LogP contribution in [0, 0.1) is 0 Å². The van der Waals surface area contributed by atoms with E-state index in [0.29, 0.717) is 12.8 Å². The van der Waals surface area contributed by atoms with Crippen LogP contribution in [0.2, 0.25) is 0 Å². The third-order valence-electron chi connectivity index (χ3n) is 8.90. The highest BCUT2D eigenvalue weighted by molar-refractivity contribution is 5.80. The highest BCUT2D eigenvalue weighted by Gasteiger charge is 2.12. The lowest BCUT2D eigenvalue weighted by atomic mass is 10.1. The molecule has 0 saturated carbocycles. The fraction of sp³-hybridized carbons (Fsp3) is 0.711. The molecular weight excluding hydrogens is 634 g/mol. The Bertz CT molecular complexity index is 964. The smallest absolute Gasteiger partial charge is 0.322 e. The van der Waals surface area contributed by atoms with Gasteiger partial charge in [0.15, 0.2) is 0 Å². The monoisotopic (exact) mass is 712 g/mol. The van der Waals surface area contributed by atoms with Crippen molar-refractivity contribution in [2.45, 2.75) is 200 Å². The predicted octanol–water partition coefficient (Wildman–Crippen LogP) is 12.8. The van der Waals surface area contributed by atoms with Crippen LogP contribution in [0.15, 0.2) is 60.8 Å². The van der Waals surface area contributed by atoms with Crippen molar-refractivity contribution >= 4 is 17.8 Å². The van der Waals surface area contributed by atoms with E-state index in [9.17, 15) is 14.4 Å². The third kappa shape index (κ3) is 39.7. The van der Waals surface area contributed by atoms with Crippen LogP contribution in [0.1, 0.15) is 194 Å². The Morgan fingerprint density at radius 3 is 1.51 bits per heavy atom. The van der Waals surface area contributed by atoms with Crippen molar-refractivity contribution in [3.8, 4) is 0 Å². The van der Waals surface area contributed by atoms with Gasteiger partial charge in [0.05, 0.1) is 0 Å². The number of hydrogen-bond acceptors (Lipinski definition) is 4. The van der Waals surface area contributed by atoms with Gasteiger partial charge in [-0.3, -0.25) is 14.4 Å². The summed E-state index contributed by atoms with van der Waals surface area (Å²) in [6.07, 6.45) is 52.1. The number of carboxylic acids is 1. The quantitative estimate of drug-likeness (QED) is 0.0380. The molecule has 2 N–H and O–H groups in total. The largest absolute Gasteiger partial charge is 0.480 e. The van der Waals surface area contributed by atoms with Crippen molar-refractivity contribution < 1.29 is 24.2 Å². The van der Waals surface area contributed by atoms with Crippen molar-refractivity contribution in [2.24, 2.45) is 0 Å². The summed E-state index contributed by atoms with van der Waals surface area (Å²) in [6.45, 7) is 4.16. The second-order valence-corrected chi connectivity index (χ2v) is 13.9. The van der Waals surface area contributed by atoms with Gasteiger partial charge in [-0.15, -0.1) is 0 Å². The second-order valence-electron chi connectivity index (χ2n) is 13.9. The molecule has 6 heteroatoms. The lowest BCUT2D eigenvalue weighted by Crippen LogP contribution is -2.28. The van der Waals surface area contributed by atoms with Crippen molar-refractivity contribution in [1.82, 2.24) is 5.32 Å². The second kappa shape index (κ2) is 39.9. The number of nitrogens with one attached hydrogen (secondary N) is 1. The standard InChI is InChI=1S/C45H77NO5/c1-3-5-7-9-11-13-14-15-16-17-18-19-20-21-22-23-24-26-28-30-36-40-45(50)51-42(37-33-29-27-25-12-10-8-6-4-2)38-34-31-32-35-39-43(47)46-41-44(48)49/h14-15,17-18,20-21,25,27,33,37,42H,3-13,16,19,22-24,26,28-32,34-36,38-41H2,1-2H3,(H,46,47)(H,48,49)/b15-14-,18-17-,21-20-,27-25-,37-33-. The van der Waals surface area contributed by atoms with E-state index in [1.165, 1.54) is 83.5 Å². The molecule has 0 bridgehead atoms. The van der Waals surface area contributed by atoms with E-state index in [2.05, 4.69) is 73.8 Å². The normalized spacial score (nSPS) is 12.7. The molecule has 1 amide bonds. The zero-order valence-corrected chi connectivity index (χ0v) is 32.9. The zero-order valence-electron chi connectivity index (χ0n) is 32.9. The molecule has 0 aromatic rings. The lowest BCUT2D eigenvalue weighted by molar-refractivity contribution is -0.147. The number of aliphatic carboxylic acids is 1. The minimum atomic E-state index is -1.03. The van der Waals surface area contributed by atoms with Gasteiger partial charge in [0, 0.05) is 12.8 Å². The first-order chi connectivity index (χ1) is 25.0. The number of ether oxygens (including phenoxy) is 1. The first-order valence-electron chi connectivity index (χ1n) is 20.9. The molecule has 0 radical (unpaired) electrons. The molecular formula is C45H77NO5. The minimum Gasteiger partial charge on any atom is -0.480 e. The van der Waals surface area contributed by atoms with Crippen molar-refractivity contribution in [1.29, 1.82) is 0 Å².